The lowest BCUT2D eigenvalue weighted by molar-refractivity contribution is -0.138. The van der Waals surface area contributed by atoms with Gasteiger partial charge in [-0.1, -0.05) is 6.92 Å². The Morgan fingerprint density at radius 2 is 1.82 bits per heavy atom. The van der Waals surface area contributed by atoms with Gasteiger partial charge in [-0.25, -0.2) is 0 Å². The van der Waals surface area contributed by atoms with Crippen LogP contribution in [0.25, 0.3) is 0 Å². The van der Waals surface area contributed by atoms with Crippen molar-refractivity contribution in [3.8, 4) is 0 Å². The van der Waals surface area contributed by atoms with E-state index in [4.69, 9.17) is 15.3 Å². The lowest BCUT2D eigenvalue weighted by Crippen LogP contribution is -2.26. The summed E-state index contributed by atoms with van der Waals surface area (Å²) in [5.74, 6) is -0.905. The van der Waals surface area contributed by atoms with E-state index in [0.29, 0.717) is 6.42 Å². The first-order valence-corrected chi connectivity index (χ1v) is 3.47. The van der Waals surface area contributed by atoms with Crippen LogP contribution in [0.4, 0.5) is 0 Å². The van der Waals surface area contributed by atoms with Gasteiger partial charge in [-0.05, 0) is 6.42 Å². The molecular weight excluding hydrogens is 148 g/mol. The number of rotatable bonds is 5. The van der Waals surface area contributed by atoms with Crippen molar-refractivity contribution in [2.75, 3.05) is 13.2 Å². The van der Waals surface area contributed by atoms with Crippen LogP contribution in [-0.4, -0.2) is 34.5 Å². The monoisotopic (exact) mass is 162 g/mol. The Kier molecular flexibility index (Phi) is 4.07. The van der Waals surface area contributed by atoms with E-state index in [1.165, 1.54) is 0 Å². The van der Waals surface area contributed by atoms with E-state index in [1.807, 2.05) is 0 Å². The van der Waals surface area contributed by atoms with Gasteiger partial charge < -0.3 is 15.3 Å². The van der Waals surface area contributed by atoms with Crippen LogP contribution in [-0.2, 0) is 4.79 Å². The van der Waals surface area contributed by atoms with E-state index >= 15 is 0 Å². The van der Waals surface area contributed by atoms with Crippen molar-refractivity contribution < 1.29 is 20.1 Å². The lowest BCUT2D eigenvalue weighted by atomic mass is 9.87. The molecule has 0 aromatic heterocycles. The van der Waals surface area contributed by atoms with Gasteiger partial charge in [0.2, 0.25) is 0 Å². The average molecular weight is 162 g/mol. The molecule has 4 nitrogen and oxygen atoms in total. The molecule has 66 valence electrons. The first kappa shape index (κ1) is 10.4. The Morgan fingerprint density at radius 3 is 2.09 bits per heavy atom. The molecule has 0 aliphatic carbocycles. The van der Waals surface area contributed by atoms with Gasteiger partial charge in [-0.3, -0.25) is 4.79 Å². The number of aliphatic hydroxyl groups excluding tert-OH is 2. The molecule has 0 amide bonds. The van der Waals surface area contributed by atoms with Crippen molar-refractivity contribution in [1.29, 1.82) is 0 Å². The molecule has 0 saturated carbocycles. The zero-order valence-corrected chi connectivity index (χ0v) is 6.58. The van der Waals surface area contributed by atoms with Crippen molar-refractivity contribution in [3.63, 3.8) is 0 Å². The van der Waals surface area contributed by atoms with Gasteiger partial charge in [0.25, 0.3) is 0 Å². The Bertz CT molecular complexity index is 128. The minimum atomic E-state index is -0.905. The molecule has 0 aromatic rings. The first-order chi connectivity index (χ1) is 5.04. The van der Waals surface area contributed by atoms with Gasteiger partial charge in [0.15, 0.2) is 0 Å². The second-order valence-corrected chi connectivity index (χ2v) is 3.02. The zero-order chi connectivity index (χ0) is 8.91. The normalized spacial score (nSPS) is 11.5. The predicted octanol–water partition coefficient (Wildman–Crippen LogP) is -0.158. The molecule has 0 saturated heterocycles. The summed E-state index contributed by atoms with van der Waals surface area (Å²) in [5, 5.41) is 25.8. The van der Waals surface area contributed by atoms with Crippen LogP contribution < -0.4 is 0 Å². The van der Waals surface area contributed by atoms with Crippen LogP contribution in [0.3, 0.4) is 0 Å². The third-order valence-corrected chi connectivity index (χ3v) is 1.71. The third-order valence-electron chi connectivity index (χ3n) is 1.71. The predicted molar refractivity (Wildman–Crippen MR) is 39.1 cm³/mol. The molecule has 0 heterocycles. The second-order valence-electron chi connectivity index (χ2n) is 3.02. The smallest absolute Gasteiger partial charge is 0.303 e. The fourth-order valence-electron chi connectivity index (χ4n) is 0.617. The molecule has 0 bridgehead atoms. The first-order valence-electron chi connectivity index (χ1n) is 3.47. The minimum absolute atomic E-state index is 0.0163. The van der Waals surface area contributed by atoms with Gasteiger partial charge in [0, 0.05) is 11.8 Å². The molecule has 11 heavy (non-hydrogen) atoms. The molecule has 0 rings (SSSR count). The number of carbonyl (C=O) groups is 1. The lowest BCUT2D eigenvalue weighted by Gasteiger charge is -2.23. The number of hydrogen-bond acceptors (Lipinski definition) is 3. The summed E-state index contributed by atoms with van der Waals surface area (Å²) in [4.78, 5) is 10.1. The Labute approximate surface area is 65.5 Å². The summed E-state index contributed by atoms with van der Waals surface area (Å²) in [6, 6.07) is 0. The van der Waals surface area contributed by atoms with E-state index in [9.17, 15) is 4.79 Å². The Balaban J connectivity index is 3.78. The number of carboxylic acid groups (broad SMARTS) is 1. The molecule has 0 aliphatic rings. The maximum atomic E-state index is 10.1. The van der Waals surface area contributed by atoms with Crippen molar-refractivity contribution >= 4 is 5.97 Å². The largest absolute Gasteiger partial charge is 0.481 e. The molecule has 0 aliphatic heterocycles. The SMILES string of the molecule is CC(CO)(CO)CCC(=O)O. The summed E-state index contributed by atoms with van der Waals surface area (Å²) >= 11 is 0. The van der Waals surface area contributed by atoms with Crippen LogP contribution in [0.5, 0.6) is 0 Å². The number of carboxylic acids is 1. The maximum Gasteiger partial charge on any atom is 0.303 e. The molecule has 0 spiro atoms. The summed E-state index contributed by atoms with van der Waals surface area (Å²) < 4.78 is 0. The Hall–Kier alpha value is -0.610. The fraction of sp³-hybridized carbons (Fsp3) is 0.857. The van der Waals surface area contributed by atoms with Crippen LogP contribution in [0.1, 0.15) is 19.8 Å². The summed E-state index contributed by atoms with van der Waals surface area (Å²) in [7, 11) is 0. The van der Waals surface area contributed by atoms with Crippen LogP contribution in [0, 0.1) is 5.41 Å². The minimum Gasteiger partial charge on any atom is -0.481 e. The van der Waals surface area contributed by atoms with Crippen LogP contribution in [0.15, 0.2) is 0 Å². The third kappa shape index (κ3) is 3.95. The molecule has 0 unspecified atom stereocenters. The van der Waals surface area contributed by atoms with Crippen molar-refractivity contribution in [2.45, 2.75) is 19.8 Å². The van der Waals surface area contributed by atoms with Crippen molar-refractivity contribution in [1.82, 2.24) is 0 Å². The summed E-state index contributed by atoms with van der Waals surface area (Å²) in [6.07, 6.45) is 0.285. The van der Waals surface area contributed by atoms with Gasteiger partial charge in [0.1, 0.15) is 0 Å². The highest BCUT2D eigenvalue weighted by molar-refractivity contribution is 5.66. The molecular formula is C7H14O4. The number of aliphatic carboxylic acids is 1. The van der Waals surface area contributed by atoms with Gasteiger partial charge >= 0.3 is 5.97 Å². The van der Waals surface area contributed by atoms with E-state index in [2.05, 4.69) is 0 Å². The summed E-state index contributed by atoms with van der Waals surface area (Å²) in [6.45, 7) is 1.28. The van der Waals surface area contributed by atoms with E-state index in [-0.39, 0.29) is 19.6 Å². The summed E-state index contributed by atoms with van der Waals surface area (Å²) in [5.41, 5.74) is -0.654. The van der Waals surface area contributed by atoms with Gasteiger partial charge in [-0.2, -0.15) is 0 Å². The van der Waals surface area contributed by atoms with Crippen molar-refractivity contribution in [2.24, 2.45) is 5.41 Å². The Morgan fingerprint density at radius 1 is 1.36 bits per heavy atom. The fourth-order valence-corrected chi connectivity index (χ4v) is 0.617. The topological polar surface area (TPSA) is 77.8 Å². The zero-order valence-electron chi connectivity index (χ0n) is 6.58. The highest BCUT2D eigenvalue weighted by atomic mass is 16.4. The second kappa shape index (κ2) is 4.31. The van der Waals surface area contributed by atoms with Gasteiger partial charge in [0.05, 0.1) is 13.2 Å². The number of aliphatic hydroxyl groups is 2. The quantitative estimate of drug-likeness (QED) is 0.525. The van der Waals surface area contributed by atoms with E-state index in [1.54, 1.807) is 6.92 Å². The standard InChI is InChI=1S/C7H14O4/c1-7(4-8,5-9)3-2-6(10)11/h8-9H,2-5H2,1H3,(H,10,11). The molecule has 0 atom stereocenters. The number of hydrogen-bond donors (Lipinski definition) is 3. The highest BCUT2D eigenvalue weighted by Gasteiger charge is 2.22. The van der Waals surface area contributed by atoms with Crippen molar-refractivity contribution in [3.05, 3.63) is 0 Å². The maximum absolute atomic E-state index is 10.1. The van der Waals surface area contributed by atoms with Crippen LogP contribution >= 0.6 is 0 Å². The van der Waals surface area contributed by atoms with E-state index in [0.717, 1.165) is 0 Å². The molecule has 0 radical (unpaired) electrons. The van der Waals surface area contributed by atoms with Crippen LogP contribution in [0.2, 0.25) is 0 Å². The molecule has 3 N–H and O–H groups in total. The molecule has 0 aromatic carbocycles. The molecule has 0 fully saturated rings. The highest BCUT2D eigenvalue weighted by Crippen LogP contribution is 2.20. The average Bonchev–Trinajstić information content (AvgIpc) is 2.00. The molecule has 4 heteroatoms. The van der Waals surface area contributed by atoms with E-state index < -0.39 is 11.4 Å². The van der Waals surface area contributed by atoms with Gasteiger partial charge in [-0.15, -0.1) is 0 Å².